The third-order valence-electron chi connectivity index (χ3n) is 3.73. The molecule has 0 aliphatic heterocycles. The quantitative estimate of drug-likeness (QED) is 0.337. The van der Waals surface area contributed by atoms with Crippen LogP contribution >= 0.6 is 0 Å². The first-order valence-corrected chi connectivity index (χ1v) is 8.41. The summed E-state index contributed by atoms with van der Waals surface area (Å²) in [5.74, 6) is -0.234. The van der Waals surface area contributed by atoms with E-state index in [-0.39, 0.29) is 11.4 Å². The van der Waals surface area contributed by atoms with E-state index >= 15 is 0 Å². The largest absolute Gasteiger partial charge is 0.439 e. The molecule has 0 aliphatic rings. The van der Waals surface area contributed by atoms with Gasteiger partial charge in [0.05, 0.1) is 29.0 Å². The van der Waals surface area contributed by atoms with Crippen LogP contribution in [0.1, 0.15) is 27.0 Å². The highest BCUT2D eigenvalue weighted by molar-refractivity contribution is 5.90. The van der Waals surface area contributed by atoms with Gasteiger partial charge < -0.3 is 9.57 Å². The molecule has 0 N–H and O–H groups in total. The number of pyridine rings is 1. The van der Waals surface area contributed by atoms with Crippen LogP contribution in [0.3, 0.4) is 0 Å². The topological polar surface area (TPSA) is 84.6 Å². The van der Waals surface area contributed by atoms with Gasteiger partial charge in [0.1, 0.15) is 5.75 Å². The number of oxime groups is 1. The Morgan fingerprint density at radius 1 is 1.10 bits per heavy atom. The first kappa shape index (κ1) is 20.5. The van der Waals surface area contributed by atoms with Crippen molar-refractivity contribution in [2.24, 2.45) is 5.16 Å². The van der Waals surface area contributed by atoms with Crippen LogP contribution in [0.5, 0.6) is 11.6 Å². The number of nitriles is 1. The normalized spacial score (nSPS) is 11.1. The summed E-state index contributed by atoms with van der Waals surface area (Å²) < 4.78 is 43.6. The van der Waals surface area contributed by atoms with E-state index in [1.54, 1.807) is 36.4 Å². The van der Waals surface area contributed by atoms with Crippen LogP contribution in [-0.2, 0) is 11.0 Å². The molecule has 30 heavy (non-hydrogen) atoms. The summed E-state index contributed by atoms with van der Waals surface area (Å²) in [4.78, 5) is 20.6. The van der Waals surface area contributed by atoms with Crippen molar-refractivity contribution >= 4 is 12.2 Å². The molecule has 150 valence electrons. The maximum Gasteiger partial charge on any atom is 0.416 e. The van der Waals surface area contributed by atoms with Gasteiger partial charge in [-0.3, -0.25) is 0 Å². The number of carbonyl (C=O) groups excluding carboxylic acids is 1. The van der Waals surface area contributed by atoms with Crippen molar-refractivity contribution in [3.63, 3.8) is 0 Å². The van der Waals surface area contributed by atoms with Crippen LogP contribution in [0.2, 0.25) is 0 Å². The molecule has 0 radical (unpaired) electrons. The Balaban J connectivity index is 1.58. The number of hydrogen-bond donors (Lipinski definition) is 0. The number of halogens is 3. The molecule has 0 atom stereocenters. The molecule has 1 aromatic heterocycles. The number of ether oxygens (including phenoxy) is 1. The van der Waals surface area contributed by atoms with Gasteiger partial charge in [-0.25, -0.2) is 9.78 Å². The Morgan fingerprint density at radius 3 is 2.50 bits per heavy atom. The number of alkyl halides is 3. The van der Waals surface area contributed by atoms with Gasteiger partial charge in [0.15, 0.2) is 0 Å². The fourth-order valence-corrected chi connectivity index (χ4v) is 2.26. The smallest absolute Gasteiger partial charge is 0.416 e. The van der Waals surface area contributed by atoms with Crippen LogP contribution in [0.4, 0.5) is 13.2 Å². The second kappa shape index (κ2) is 8.87. The summed E-state index contributed by atoms with van der Waals surface area (Å²) in [5.41, 5.74) is -0.255. The molecule has 0 unspecified atom stereocenters. The van der Waals surface area contributed by atoms with E-state index in [0.717, 1.165) is 12.1 Å². The van der Waals surface area contributed by atoms with Crippen molar-refractivity contribution in [2.75, 3.05) is 0 Å². The van der Waals surface area contributed by atoms with Crippen LogP contribution in [0.15, 0.2) is 72.0 Å². The molecular weight excluding hydrogens is 399 g/mol. The fourth-order valence-electron chi connectivity index (χ4n) is 2.26. The summed E-state index contributed by atoms with van der Waals surface area (Å²) in [6.45, 7) is 0. The summed E-state index contributed by atoms with van der Waals surface area (Å²) in [5, 5.41) is 12.2. The lowest BCUT2D eigenvalue weighted by atomic mass is 10.1. The van der Waals surface area contributed by atoms with Crippen molar-refractivity contribution in [1.82, 2.24) is 4.98 Å². The van der Waals surface area contributed by atoms with Crippen molar-refractivity contribution in [1.29, 1.82) is 5.26 Å². The molecule has 3 rings (SSSR count). The van der Waals surface area contributed by atoms with Crippen molar-refractivity contribution in [3.8, 4) is 17.7 Å². The number of hydrogen-bond acceptors (Lipinski definition) is 6. The van der Waals surface area contributed by atoms with E-state index in [4.69, 9.17) is 10.00 Å². The zero-order valence-electron chi connectivity index (χ0n) is 15.1. The number of nitrogens with zero attached hydrogens (tertiary/aromatic N) is 3. The molecule has 0 spiro atoms. The number of rotatable bonds is 5. The molecule has 0 bridgehead atoms. The van der Waals surface area contributed by atoms with Crippen LogP contribution in [0.25, 0.3) is 0 Å². The van der Waals surface area contributed by atoms with E-state index in [9.17, 15) is 18.0 Å². The van der Waals surface area contributed by atoms with Gasteiger partial charge >= 0.3 is 12.1 Å². The lowest BCUT2D eigenvalue weighted by Crippen LogP contribution is -2.08. The third-order valence-corrected chi connectivity index (χ3v) is 3.73. The monoisotopic (exact) mass is 411 g/mol. The van der Waals surface area contributed by atoms with Crippen LogP contribution < -0.4 is 4.74 Å². The molecule has 1 heterocycles. The van der Waals surface area contributed by atoms with E-state index in [0.29, 0.717) is 22.9 Å². The van der Waals surface area contributed by atoms with Gasteiger partial charge in [0.2, 0.25) is 5.88 Å². The van der Waals surface area contributed by atoms with Gasteiger partial charge in [0.25, 0.3) is 0 Å². The Bertz CT molecular complexity index is 1100. The first-order chi connectivity index (χ1) is 14.3. The Kier molecular flexibility index (Phi) is 6.08. The molecule has 3 aromatic rings. The summed E-state index contributed by atoms with van der Waals surface area (Å²) in [6, 6.07) is 15.5. The first-order valence-electron chi connectivity index (χ1n) is 8.41. The molecule has 2 aromatic carbocycles. The second-order valence-electron chi connectivity index (χ2n) is 5.86. The maximum atomic E-state index is 12.7. The zero-order chi connectivity index (χ0) is 21.6. The molecule has 9 heteroatoms. The van der Waals surface area contributed by atoms with E-state index in [1.165, 1.54) is 18.5 Å². The average Bonchev–Trinajstić information content (AvgIpc) is 2.75. The van der Waals surface area contributed by atoms with Gasteiger partial charge in [-0.2, -0.15) is 18.4 Å². The van der Waals surface area contributed by atoms with E-state index < -0.39 is 17.7 Å². The number of benzene rings is 2. The van der Waals surface area contributed by atoms with Crippen LogP contribution in [0, 0.1) is 11.3 Å². The van der Waals surface area contributed by atoms with Gasteiger partial charge in [0, 0.05) is 17.8 Å². The lowest BCUT2D eigenvalue weighted by Gasteiger charge is -2.07. The molecule has 0 amide bonds. The van der Waals surface area contributed by atoms with E-state index in [2.05, 4.69) is 15.0 Å². The highest BCUT2D eigenvalue weighted by atomic mass is 19.4. The predicted octanol–water partition coefficient (Wildman–Crippen LogP) is 4.96. The predicted molar refractivity (Wildman–Crippen MR) is 99.9 cm³/mol. The summed E-state index contributed by atoms with van der Waals surface area (Å²) >= 11 is 0. The molecule has 0 aliphatic carbocycles. The molecule has 0 saturated carbocycles. The Morgan fingerprint density at radius 2 is 1.87 bits per heavy atom. The zero-order valence-corrected chi connectivity index (χ0v) is 15.1. The molecule has 0 saturated heterocycles. The fraction of sp³-hybridized carbons (Fsp3) is 0.0476. The minimum Gasteiger partial charge on any atom is -0.439 e. The van der Waals surface area contributed by atoms with Crippen LogP contribution in [-0.4, -0.2) is 17.2 Å². The Hall–Kier alpha value is -4.19. The van der Waals surface area contributed by atoms with Crippen molar-refractivity contribution in [2.45, 2.75) is 6.18 Å². The summed E-state index contributed by atoms with van der Waals surface area (Å²) in [6.07, 6.45) is -1.97. The minimum absolute atomic E-state index is 0.272. The third kappa shape index (κ3) is 5.42. The Labute approximate surface area is 168 Å². The maximum absolute atomic E-state index is 12.7. The van der Waals surface area contributed by atoms with Gasteiger partial charge in [-0.1, -0.05) is 11.2 Å². The minimum atomic E-state index is -4.56. The summed E-state index contributed by atoms with van der Waals surface area (Å²) in [7, 11) is 0. The second-order valence-corrected chi connectivity index (χ2v) is 5.86. The van der Waals surface area contributed by atoms with E-state index in [1.807, 2.05) is 6.07 Å². The van der Waals surface area contributed by atoms with Crippen molar-refractivity contribution in [3.05, 3.63) is 89.1 Å². The van der Waals surface area contributed by atoms with Crippen molar-refractivity contribution < 1.29 is 27.5 Å². The molecule has 6 nitrogen and oxygen atoms in total. The number of aromatic nitrogens is 1. The number of carbonyl (C=O) groups is 1. The molecule has 0 fully saturated rings. The average molecular weight is 411 g/mol. The standard InChI is InChI=1S/C21H12F3N3O3/c22-21(23,24)17-3-1-2-16(10-17)20(28)30-27-13-15-6-9-19(26-12-15)29-18-7-4-14(11-25)5-8-18/h1-10,12-13H/b27-13+. The highest BCUT2D eigenvalue weighted by Gasteiger charge is 2.31. The van der Waals surface area contributed by atoms with Gasteiger partial charge in [-0.05, 0) is 48.5 Å². The lowest BCUT2D eigenvalue weighted by molar-refractivity contribution is -0.137. The molecular formula is C21H12F3N3O3. The SMILES string of the molecule is N#Cc1ccc(Oc2ccc(/C=N/OC(=O)c3cccc(C(F)(F)F)c3)cn2)cc1. The van der Waals surface area contributed by atoms with Gasteiger partial charge in [-0.15, -0.1) is 0 Å². The highest BCUT2D eigenvalue weighted by Crippen LogP contribution is 2.29.